The lowest BCUT2D eigenvalue weighted by molar-refractivity contribution is 0.399. The van der Waals surface area contributed by atoms with E-state index in [-0.39, 0.29) is 0 Å². The predicted molar refractivity (Wildman–Crippen MR) is 69.1 cm³/mol. The van der Waals surface area contributed by atoms with Crippen LogP contribution in [0.25, 0.3) is 0 Å². The Kier molecular flexibility index (Phi) is 6.51. The maximum atomic E-state index is 12.0. The van der Waals surface area contributed by atoms with Gasteiger partial charge in [0.05, 0.1) is 4.75 Å². The first-order valence-corrected chi connectivity index (χ1v) is 7.35. The molecule has 5 heteroatoms. The summed E-state index contributed by atoms with van der Waals surface area (Å²) in [6.07, 6.45) is 2.41. The highest BCUT2D eigenvalue weighted by Crippen LogP contribution is 2.21. The molecule has 98 valence electrons. The molecule has 0 aliphatic rings. The fraction of sp³-hybridized carbons (Fsp3) is 1.00. The van der Waals surface area contributed by atoms with Crippen molar-refractivity contribution in [3.63, 3.8) is 0 Å². The minimum atomic E-state index is -3.19. The Morgan fingerprint density at radius 2 is 1.81 bits per heavy atom. The predicted octanol–water partition coefficient (Wildman–Crippen LogP) is 1.44. The molecule has 0 atom stereocenters. The van der Waals surface area contributed by atoms with E-state index in [1.54, 1.807) is 13.8 Å². The lowest BCUT2D eigenvalue weighted by Crippen LogP contribution is -2.42. The zero-order valence-electron chi connectivity index (χ0n) is 11.2. The third kappa shape index (κ3) is 5.27. The van der Waals surface area contributed by atoms with E-state index < -0.39 is 14.8 Å². The molecule has 0 radical (unpaired) electrons. The Bertz CT molecular complexity index is 284. The highest BCUT2D eigenvalue weighted by Gasteiger charge is 2.32. The molecule has 0 unspecified atom stereocenters. The topological polar surface area (TPSA) is 49.4 Å². The van der Waals surface area contributed by atoms with E-state index in [2.05, 4.69) is 4.72 Å². The van der Waals surface area contributed by atoms with Gasteiger partial charge in [0.2, 0.25) is 10.0 Å². The first-order chi connectivity index (χ1) is 7.23. The summed E-state index contributed by atoms with van der Waals surface area (Å²) >= 11 is 0. The van der Waals surface area contributed by atoms with Gasteiger partial charge in [-0.05, 0) is 47.3 Å². The molecule has 4 nitrogen and oxygen atoms in total. The van der Waals surface area contributed by atoms with E-state index in [9.17, 15) is 8.42 Å². The van der Waals surface area contributed by atoms with E-state index in [4.69, 9.17) is 0 Å². The van der Waals surface area contributed by atoms with Crippen molar-refractivity contribution in [3.8, 4) is 0 Å². The van der Waals surface area contributed by atoms with Gasteiger partial charge in [-0.25, -0.2) is 13.1 Å². The highest BCUT2D eigenvalue weighted by atomic mass is 32.2. The summed E-state index contributed by atoms with van der Waals surface area (Å²) in [6, 6.07) is 0. The fourth-order valence-corrected chi connectivity index (χ4v) is 2.81. The first kappa shape index (κ1) is 15.9. The van der Waals surface area contributed by atoms with Gasteiger partial charge in [0.1, 0.15) is 0 Å². The molecule has 1 N–H and O–H groups in total. The number of hydrogen-bond acceptors (Lipinski definition) is 3. The lowest BCUT2D eigenvalue weighted by Gasteiger charge is -2.24. The Hall–Kier alpha value is -0.130. The largest absolute Gasteiger partial charge is 0.309 e. The molecule has 0 fully saturated rings. The van der Waals surface area contributed by atoms with Gasteiger partial charge in [0, 0.05) is 6.54 Å². The average Bonchev–Trinajstić information content (AvgIpc) is 2.12. The van der Waals surface area contributed by atoms with Crippen LogP contribution in [-0.4, -0.2) is 45.2 Å². The second kappa shape index (κ2) is 6.57. The standard InChI is InChI=1S/C11H26N2O2S/c1-6-8-11(2,3)16(14,15)12-9-7-10-13(4)5/h12H,6-10H2,1-5H3. The number of nitrogens with zero attached hydrogens (tertiary/aromatic N) is 1. The van der Waals surface area contributed by atoms with Crippen LogP contribution in [0.2, 0.25) is 0 Å². The number of nitrogens with one attached hydrogen (secondary N) is 1. The molecule has 0 amide bonds. The van der Waals surface area contributed by atoms with Crippen LogP contribution in [0.3, 0.4) is 0 Å². The van der Waals surface area contributed by atoms with Crippen molar-refractivity contribution in [3.05, 3.63) is 0 Å². The van der Waals surface area contributed by atoms with Crippen molar-refractivity contribution in [2.45, 2.75) is 44.8 Å². The Labute approximate surface area is 100 Å². The summed E-state index contributed by atoms with van der Waals surface area (Å²) in [5, 5.41) is 0. The molecule has 0 aromatic rings. The molecule has 16 heavy (non-hydrogen) atoms. The Balaban J connectivity index is 4.15. The third-order valence-electron chi connectivity index (χ3n) is 2.65. The average molecular weight is 250 g/mol. The van der Waals surface area contributed by atoms with E-state index >= 15 is 0 Å². The van der Waals surface area contributed by atoms with E-state index in [1.165, 1.54) is 0 Å². The Morgan fingerprint density at radius 1 is 1.25 bits per heavy atom. The highest BCUT2D eigenvalue weighted by molar-refractivity contribution is 7.90. The van der Waals surface area contributed by atoms with Crippen molar-refractivity contribution in [1.29, 1.82) is 0 Å². The van der Waals surface area contributed by atoms with Crippen LogP contribution < -0.4 is 4.72 Å². The SMILES string of the molecule is CCCC(C)(C)S(=O)(=O)NCCCN(C)C. The van der Waals surface area contributed by atoms with Crippen molar-refractivity contribution in [2.75, 3.05) is 27.2 Å². The minimum absolute atomic E-state index is 0.521. The smallest absolute Gasteiger partial charge is 0.216 e. The fourth-order valence-electron chi connectivity index (χ4n) is 1.53. The third-order valence-corrected chi connectivity index (χ3v) is 4.90. The van der Waals surface area contributed by atoms with Gasteiger partial charge >= 0.3 is 0 Å². The van der Waals surface area contributed by atoms with Gasteiger partial charge < -0.3 is 4.90 Å². The molecule has 0 rings (SSSR count). The maximum absolute atomic E-state index is 12.0. The van der Waals surface area contributed by atoms with Crippen LogP contribution in [0.15, 0.2) is 0 Å². The summed E-state index contributed by atoms with van der Waals surface area (Å²) in [7, 11) is 0.775. The van der Waals surface area contributed by atoms with Gasteiger partial charge in [-0.1, -0.05) is 13.3 Å². The molecule has 0 aromatic heterocycles. The molecular formula is C11H26N2O2S. The number of rotatable bonds is 8. The maximum Gasteiger partial charge on any atom is 0.216 e. The minimum Gasteiger partial charge on any atom is -0.309 e. The van der Waals surface area contributed by atoms with Gasteiger partial charge in [-0.15, -0.1) is 0 Å². The second-order valence-corrected chi connectivity index (χ2v) is 7.47. The van der Waals surface area contributed by atoms with E-state index in [0.717, 1.165) is 19.4 Å². The van der Waals surface area contributed by atoms with Crippen LogP contribution in [0, 0.1) is 0 Å². The van der Waals surface area contributed by atoms with Crippen LogP contribution in [0.4, 0.5) is 0 Å². The molecule has 0 spiro atoms. The van der Waals surface area contributed by atoms with E-state index in [0.29, 0.717) is 13.0 Å². The molecule has 0 aliphatic carbocycles. The summed E-state index contributed by atoms with van der Waals surface area (Å²) in [4.78, 5) is 2.05. The molecule has 0 saturated carbocycles. The second-order valence-electron chi connectivity index (χ2n) is 5.06. The van der Waals surface area contributed by atoms with Gasteiger partial charge in [0.25, 0.3) is 0 Å². The zero-order chi connectivity index (χ0) is 12.8. The Morgan fingerprint density at radius 3 is 2.25 bits per heavy atom. The first-order valence-electron chi connectivity index (χ1n) is 5.87. The molecule has 0 heterocycles. The zero-order valence-corrected chi connectivity index (χ0v) is 12.0. The van der Waals surface area contributed by atoms with Crippen LogP contribution >= 0.6 is 0 Å². The van der Waals surface area contributed by atoms with Crippen molar-refractivity contribution >= 4 is 10.0 Å². The van der Waals surface area contributed by atoms with Crippen LogP contribution in [0.1, 0.15) is 40.0 Å². The van der Waals surface area contributed by atoms with E-state index in [1.807, 2.05) is 25.9 Å². The van der Waals surface area contributed by atoms with Gasteiger partial charge in [-0.3, -0.25) is 0 Å². The van der Waals surface area contributed by atoms with Crippen molar-refractivity contribution in [1.82, 2.24) is 9.62 Å². The summed E-state index contributed by atoms with van der Waals surface area (Å²) in [5.41, 5.74) is 0. The number of hydrogen-bond donors (Lipinski definition) is 1. The molecule has 0 aliphatic heterocycles. The van der Waals surface area contributed by atoms with Crippen LogP contribution in [-0.2, 0) is 10.0 Å². The van der Waals surface area contributed by atoms with Crippen LogP contribution in [0.5, 0.6) is 0 Å². The lowest BCUT2D eigenvalue weighted by atomic mass is 10.1. The van der Waals surface area contributed by atoms with Gasteiger partial charge in [0.15, 0.2) is 0 Å². The summed E-state index contributed by atoms with van der Waals surface area (Å²) in [5.74, 6) is 0. The molecule has 0 aromatic carbocycles. The molecular weight excluding hydrogens is 224 g/mol. The quantitative estimate of drug-likeness (QED) is 0.663. The van der Waals surface area contributed by atoms with Crippen molar-refractivity contribution in [2.24, 2.45) is 0 Å². The van der Waals surface area contributed by atoms with Gasteiger partial charge in [-0.2, -0.15) is 0 Å². The summed E-state index contributed by atoms with van der Waals surface area (Å²) in [6.45, 7) is 6.99. The number of sulfonamides is 1. The molecule has 0 saturated heterocycles. The monoisotopic (exact) mass is 250 g/mol. The summed E-state index contributed by atoms with van der Waals surface area (Å²) < 4.78 is 25.9. The van der Waals surface area contributed by atoms with Crippen molar-refractivity contribution < 1.29 is 8.42 Å². The molecule has 0 bridgehead atoms. The normalized spacial score (nSPS) is 13.4.